The Labute approximate surface area is 412 Å². The second kappa shape index (κ2) is 21.1. The zero-order valence-corrected chi connectivity index (χ0v) is 41.3. The van der Waals surface area contributed by atoms with Crippen molar-refractivity contribution in [2.24, 2.45) is 17.3 Å². The van der Waals surface area contributed by atoms with Crippen LogP contribution in [-0.2, 0) is 62.2 Å². The minimum atomic E-state index is -4.58. The molecule has 0 aliphatic carbocycles. The number of pyridine rings is 1. The van der Waals surface area contributed by atoms with E-state index in [9.17, 15) is 32.3 Å². The van der Waals surface area contributed by atoms with Crippen LogP contribution in [0.3, 0.4) is 0 Å². The van der Waals surface area contributed by atoms with Gasteiger partial charge in [0.15, 0.2) is 0 Å². The number of hydrazine groups is 1. The molecule has 2 N–H and O–H groups in total. The molecule has 8 rings (SSSR count). The summed E-state index contributed by atoms with van der Waals surface area (Å²) in [5.41, 5.74) is 6.80. The molecule has 6 bridgehead atoms. The number of aromatic nitrogens is 2. The first-order valence-corrected chi connectivity index (χ1v) is 24.3. The third kappa shape index (κ3) is 11.9. The Balaban J connectivity index is 1.12. The van der Waals surface area contributed by atoms with Crippen molar-refractivity contribution in [2.75, 3.05) is 53.2 Å². The van der Waals surface area contributed by atoms with Crippen molar-refractivity contribution in [3.05, 3.63) is 77.6 Å². The summed E-state index contributed by atoms with van der Waals surface area (Å²) in [5, 5.41) is 5.01. The molecule has 18 heteroatoms. The van der Waals surface area contributed by atoms with E-state index in [4.69, 9.17) is 23.7 Å². The molecule has 0 saturated carbocycles. The van der Waals surface area contributed by atoms with Crippen LogP contribution >= 0.6 is 0 Å². The predicted octanol–water partition coefficient (Wildman–Crippen LogP) is 6.55. The molecule has 2 aromatic carbocycles. The van der Waals surface area contributed by atoms with Gasteiger partial charge < -0.3 is 38.5 Å². The van der Waals surface area contributed by atoms with Gasteiger partial charge in [-0.15, -0.1) is 0 Å². The van der Waals surface area contributed by atoms with Crippen molar-refractivity contribution in [3.63, 3.8) is 0 Å². The number of esters is 1. The Morgan fingerprint density at radius 3 is 2.48 bits per heavy atom. The second-order valence-electron chi connectivity index (χ2n) is 20.2. The highest BCUT2D eigenvalue weighted by Gasteiger charge is 2.39. The quantitative estimate of drug-likeness (QED) is 0.131. The number of rotatable bonds is 10. The third-order valence-corrected chi connectivity index (χ3v) is 13.7. The van der Waals surface area contributed by atoms with Crippen LogP contribution in [0.15, 0.2) is 60.8 Å². The molecule has 3 amide bonds. The molecule has 4 aliphatic rings. The fourth-order valence-corrected chi connectivity index (χ4v) is 9.63. The topological polar surface area (TPSA) is 163 Å². The molecular formula is C53H63F3N6O9. The number of methoxy groups -OCH3 is 1. The summed E-state index contributed by atoms with van der Waals surface area (Å²) in [6, 6.07) is 14.4. The highest BCUT2D eigenvalue weighted by molar-refractivity contribution is 5.96. The van der Waals surface area contributed by atoms with E-state index in [-0.39, 0.29) is 50.5 Å². The number of amides is 3. The molecule has 380 valence electrons. The van der Waals surface area contributed by atoms with Crippen LogP contribution in [0.2, 0.25) is 0 Å². The van der Waals surface area contributed by atoms with Gasteiger partial charge in [-0.3, -0.25) is 29.2 Å². The van der Waals surface area contributed by atoms with Crippen molar-refractivity contribution in [1.29, 1.82) is 0 Å². The Morgan fingerprint density at radius 2 is 1.76 bits per heavy atom. The number of nitrogens with one attached hydrogen (secondary N) is 2. The summed E-state index contributed by atoms with van der Waals surface area (Å²) in [5.74, 6) is 1.57. The number of ether oxygens (including phenoxy) is 5. The van der Waals surface area contributed by atoms with Gasteiger partial charge in [-0.25, -0.2) is 5.43 Å². The second-order valence-corrected chi connectivity index (χ2v) is 20.2. The monoisotopic (exact) mass is 984 g/mol. The number of hydrogen-bond donors (Lipinski definition) is 2. The Kier molecular flexibility index (Phi) is 15.3. The molecular weight excluding hydrogens is 922 g/mol. The fourth-order valence-electron chi connectivity index (χ4n) is 9.63. The van der Waals surface area contributed by atoms with Gasteiger partial charge in [0.05, 0.1) is 55.9 Å². The number of alkyl halides is 3. The van der Waals surface area contributed by atoms with Gasteiger partial charge in [0.2, 0.25) is 11.7 Å². The maximum Gasteiger partial charge on any atom is 0.406 e. The molecule has 4 atom stereocenters. The van der Waals surface area contributed by atoms with E-state index >= 15 is 0 Å². The molecule has 4 aliphatic heterocycles. The van der Waals surface area contributed by atoms with Gasteiger partial charge >= 0.3 is 12.1 Å². The summed E-state index contributed by atoms with van der Waals surface area (Å²) in [4.78, 5) is 61.7. The number of nitrogens with zero attached hydrogens (tertiary/aromatic N) is 4. The van der Waals surface area contributed by atoms with E-state index in [0.717, 1.165) is 11.1 Å². The molecule has 6 heterocycles. The lowest BCUT2D eigenvalue weighted by Crippen LogP contribution is -2.61. The first kappa shape index (κ1) is 51.5. The van der Waals surface area contributed by atoms with Crippen LogP contribution in [0.5, 0.6) is 0 Å². The minimum Gasteiger partial charge on any atom is -0.464 e. The predicted molar refractivity (Wildman–Crippen MR) is 257 cm³/mol. The summed E-state index contributed by atoms with van der Waals surface area (Å²) in [6.45, 7) is 11.4. The Morgan fingerprint density at radius 1 is 1.01 bits per heavy atom. The normalized spacial score (nSPS) is 21.5. The van der Waals surface area contributed by atoms with Gasteiger partial charge in [0, 0.05) is 74.1 Å². The highest BCUT2D eigenvalue weighted by Crippen LogP contribution is 2.43. The molecule has 0 spiro atoms. The summed E-state index contributed by atoms with van der Waals surface area (Å²) < 4.78 is 74.2. The smallest absolute Gasteiger partial charge is 0.406 e. The highest BCUT2D eigenvalue weighted by atomic mass is 19.4. The van der Waals surface area contributed by atoms with Crippen molar-refractivity contribution in [3.8, 4) is 34.2 Å². The molecule has 2 aromatic heterocycles. The van der Waals surface area contributed by atoms with E-state index in [1.165, 1.54) is 16.7 Å². The number of benzene rings is 2. The lowest BCUT2D eigenvalue weighted by Gasteiger charge is -2.38. The molecule has 71 heavy (non-hydrogen) atoms. The zero-order chi connectivity index (χ0) is 50.8. The van der Waals surface area contributed by atoms with Crippen molar-refractivity contribution >= 4 is 34.6 Å². The van der Waals surface area contributed by atoms with E-state index in [1.54, 1.807) is 49.2 Å². The number of cyclic esters (lactones) is 1. The van der Waals surface area contributed by atoms with E-state index < -0.39 is 65.8 Å². The standard InChI is InChI=1S/C53H63F3N6O9/c1-32(2)41(29-68-37-27-60(28-37)45(63)17-18-52(6)70-21-22-71-52)48(64)58-43-24-34-11-8-12-35(23-34)36-15-16-44-39(25-36)40(26-51(4,5)31-69-50(66)42-14-10-20-62(59-42)49(43)65)47(61(44)30-53(54,55)56)38-13-9-19-57-46(38)33(3)67-7/h8-9,11-13,15-16,19,23,25,32-33,37,41-43,59H,10,14,20-22,24,26-31H2,1-7H3,(H,58,64)/t33-,41?,42-,43-/m0/s1. The van der Waals surface area contributed by atoms with E-state index in [0.29, 0.717) is 78.1 Å². The minimum absolute atomic E-state index is 0.0363. The average molecular weight is 985 g/mol. The van der Waals surface area contributed by atoms with Crippen LogP contribution in [-0.4, -0.2) is 126 Å². The lowest BCUT2D eigenvalue weighted by molar-refractivity contribution is -0.155. The average Bonchev–Trinajstić information content (AvgIpc) is 3.88. The number of halogens is 3. The van der Waals surface area contributed by atoms with Gasteiger partial charge in [-0.05, 0) is 84.5 Å². The number of carbonyl (C=O) groups excluding carboxylic acids is 4. The number of carbonyl (C=O) groups is 4. The third-order valence-electron chi connectivity index (χ3n) is 13.7. The van der Waals surface area contributed by atoms with Crippen LogP contribution in [0.4, 0.5) is 13.2 Å². The van der Waals surface area contributed by atoms with Crippen molar-refractivity contribution in [2.45, 2.75) is 110 Å². The molecule has 3 saturated heterocycles. The maximum absolute atomic E-state index is 14.7. The van der Waals surface area contributed by atoms with Crippen LogP contribution in [0.25, 0.3) is 33.3 Å². The van der Waals surface area contributed by atoms with Crippen LogP contribution in [0.1, 0.15) is 77.3 Å². The molecule has 3 fully saturated rings. The summed E-state index contributed by atoms with van der Waals surface area (Å²) in [6.07, 6.45) is -2.70. The number of hydrogen-bond acceptors (Lipinski definition) is 11. The molecule has 15 nitrogen and oxygen atoms in total. The lowest BCUT2D eigenvalue weighted by atomic mass is 9.84. The zero-order valence-electron chi connectivity index (χ0n) is 41.3. The molecule has 0 radical (unpaired) electrons. The van der Waals surface area contributed by atoms with Gasteiger partial charge in [-0.1, -0.05) is 58.0 Å². The van der Waals surface area contributed by atoms with Crippen molar-refractivity contribution < 1.29 is 56.0 Å². The first-order valence-electron chi connectivity index (χ1n) is 24.3. The number of likely N-dealkylation sites (tertiary alicyclic amines) is 1. The molecule has 4 aromatic rings. The molecule has 1 unspecified atom stereocenters. The summed E-state index contributed by atoms with van der Waals surface area (Å²) >= 11 is 0. The van der Waals surface area contributed by atoms with Gasteiger partial charge in [0.1, 0.15) is 18.6 Å². The summed E-state index contributed by atoms with van der Waals surface area (Å²) in [7, 11) is 1.52. The maximum atomic E-state index is 14.7. The van der Waals surface area contributed by atoms with Crippen LogP contribution < -0.4 is 10.7 Å². The largest absolute Gasteiger partial charge is 0.464 e. The first-order chi connectivity index (χ1) is 33.7. The Hall–Kier alpha value is -5.84. The van der Waals surface area contributed by atoms with Gasteiger partial charge in [0.25, 0.3) is 11.8 Å². The van der Waals surface area contributed by atoms with E-state index in [1.807, 2.05) is 58.0 Å². The van der Waals surface area contributed by atoms with E-state index in [2.05, 4.69) is 27.6 Å². The van der Waals surface area contributed by atoms with Gasteiger partial charge in [-0.2, -0.15) is 13.2 Å². The fraction of sp³-hybridized carbons (Fsp3) is 0.528. The Bertz CT molecular complexity index is 2700. The SMILES string of the molecule is CO[C@@H](C)c1ncccc1-c1c2c3cc(ccc3n1CC(F)(F)F)-c1cccc(c1)C[C@H](NC(=O)C(COC1CN(C(=O)C#CC3(C)OCCO3)C1)C(C)C)C(=O)N1CCC[C@H](N1)C(=O)OCC(C)(C)C2. The van der Waals surface area contributed by atoms with Crippen LogP contribution in [0, 0.1) is 29.1 Å². The van der Waals surface area contributed by atoms with Crippen molar-refractivity contribution in [1.82, 2.24) is 30.2 Å². The number of fused-ring (bicyclic) bond motifs is 6.